The zero-order valence-electron chi connectivity index (χ0n) is 13.2. The van der Waals surface area contributed by atoms with E-state index in [9.17, 15) is 9.59 Å². The third-order valence-corrected chi connectivity index (χ3v) is 3.10. The minimum Gasteiger partial charge on any atom is -0.352 e. The van der Waals surface area contributed by atoms with Crippen LogP contribution in [0.5, 0.6) is 0 Å². The van der Waals surface area contributed by atoms with E-state index in [1.807, 2.05) is 26.0 Å². The van der Waals surface area contributed by atoms with Crippen molar-refractivity contribution in [1.29, 1.82) is 0 Å². The maximum atomic E-state index is 11.8. The van der Waals surface area contributed by atoms with Crippen LogP contribution in [0.3, 0.4) is 0 Å². The molecule has 0 atom stereocenters. The predicted octanol–water partition coefficient (Wildman–Crippen LogP) is 2.21. The molecule has 2 amide bonds. The highest BCUT2D eigenvalue weighted by atomic mass is 16.2. The minimum absolute atomic E-state index is 0.0333. The Balaban J connectivity index is 2.35. The average molecular weight is 290 g/mol. The zero-order valence-corrected chi connectivity index (χ0v) is 13.2. The van der Waals surface area contributed by atoms with E-state index in [2.05, 4.69) is 29.7 Å². The van der Waals surface area contributed by atoms with Gasteiger partial charge in [-0.2, -0.15) is 0 Å². The fourth-order valence-electron chi connectivity index (χ4n) is 2.00. The zero-order chi connectivity index (χ0) is 15.7. The smallest absolute Gasteiger partial charge is 0.239 e. The highest BCUT2D eigenvalue weighted by molar-refractivity contribution is 5.85. The Kier molecular flexibility index (Phi) is 7.51. The van der Waals surface area contributed by atoms with Gasteiger partial charge in [-0.05, 0) is 37.8 Å². The highest BCUT2D eigenvalue weighted by Crippen LogP contribution is 2.08. The lowest BCUT2D eigenvalue weighted by Crippen LogP contribution is -2.40. The number of carbonyl (C=O) groups excluding carboxylic acids is 2. The molecule has 0 radical (unpaired) electrons. The molecule has 0 saturated heterocycles. The molecule has 116 valence electrons. The van der Waals surface area contributed by atoms with Crippen molar-refractivity contribution in [3.63, 3.8) is 0 Å². The van der Waals surface area contributed by atoms with Crippen LogP contribution in [0.2, 0.25) is 0 Å². The van der Waals surface area contributed by atoms with E-state index in [1.54, 1.807) is 0 Å². The van der Waals surface area contributed by atoms with Gasteiger partial charge in [0.2, 0.25) is 11.8 Å². The van der Waals surface area contributed by atoms with Gasteiger partial charge in [0.15, 0.2) is 0 Å². The molecule has 21 heavy (non-hydrogen) atoms. The minimum atomic E-state index is -0.159. The van der Waals surface area contributed by atoms with E-state index >= 15 is 0 Å². The molecule has 0 aliphatic carbocycles. The molecule has 0 saturated carbocycles. The summed E-state index contributed by atoms with van der Waals surface area (Å²) in [5.41, 5.74) is 2.27. The summed E-state index contributed by atoms with van der Waals surface area (Å²) in [4.78, 5) is 23.2. The maximum absolute atomic E-state index is 11.8. The molecule has 0 aliphatic rings. The Morgan fingerprint density at radius 1 is 1.05 bits per heavy atom. The summed E-state index contributed by atoms with van der Waals surface area (Å²) in [6, 6.07) is 8.20. The van der Waals surface area contributed by atoms with Gasteiger partial charge in [0, 0.05) is 6.04 Å². The second-order valence-electron chi connectivity index (χ2n) is 5.60. The van der Waals surface area contributed by atoms with Crippen molar-refractivity contribution < 1.29 is 9.59 Å². The Hall–Kier alpha value is -1.84. The van der Waals surface area contributed by atoms with Gasteiger partial charge in [0.25, 0.3) is 0 Å². The fourth-order valence-corrected chi connectivity index (χ4v) is 2.00. The van der Waals surface area contributed by atoms with Gasteiger partial charge in [-0.1, -0.05) is 37.6 Å². The maximum Gasteiger partial charge on any atom is 0.239 e. The van der Waals surface area contributed by atoms with Crippen LogP contribution >= 0.6 is 0 Å². The van der Waals surface area contributed by atoms with E-state index in [0.29, 0.717) is 6.42 Å². The normalized spacial score (nSPS) is 10.5. The van der Waals surface area contributed by atoms with Crippen molar-refractivity contribution in [3.05, 3.63) is 35.4 Å². The van der Waals surface area contributed by atoms with Crippen molar-refractivity contribution in [2.75, 3.05) is 6.54 Å². The van der Waals surface area contributed by atoms with E-state index in [1.165, 1.54) is 18.4 Å². The summed E-state index contributed by atoms with van der Waals surface area (Å²) in [6.45, 7) is 5.99. The number of unbranched alkanes of at least 4 members (excludes halogenated alkanes) is 1. The van der Waals surface area contributed by atoms with E-state index in [4.69, 9.17) is 0 Å². The Morgan fingerprint density at radius 2 is 1.67 bits per heavy atom. The number of aryl methyl sites for hydroxylation is 1. The van der Waals surface area contributed by atoms with Gasteiger partial charge in [-0.3, -0.25) is 9.59 Å². The molecule has 0 heterocycles. The lowest BCUT2D eigenvalue weighted by Gasteiger charge is -2.09. The fraction of sp³-hybridized carbons (Fsp3) is 0.529. The second-order valence-corrected chi connectivity index (χ2v) is 5.60. The lowest BCUT2D eigenvalue weighted by atomic mass is 10.0. The Labute approximate surface area is 127 Å². The van der Waals surface area contributed by atoms with Gasteiger partial charge in [-0.25, -0.2) is 0 Å². The molecule has 0 aliphatic heterocycles. The van der Waals surface area contributed by atoms with Crippen LogP contribution in [0.1, 0.15) is 44.7 Å². The van der Waals surface area contributed by atoms with Crippen LogP contribution in [0.25, 0.3) is 0 Å². The van der Waals surface area contributed by atoms with Gasteiger partial charge in [0.05, 0.1) is 13.0 Å². The molecule has 1 aromatic rings. The van der Waals surface area contributed by atoms with Crippen molar-refractivity contribution >= 4 is 11.8 Å². The molecule has 1 aromatic carbocycles. The van der Waals surface area contributed by atoms with Crippen molar-refractivity contribution in [2.24, 2.45) is 0 Å². The number of benzene rings is 1. The molecule has 0 unspecified atom stereocenters. The predicted molar refractivity (Wildman–Crippen MR) is 85.0 cm³/mol. The van der Waals surface area contributed by atoms with Crippen molar-refractivity contribution in [2.45, 2.75) is 52.5 Å². The topological polar surface area (TPSA) is 58.2 Å². The summed E-state index contributed by atoms with van der Waals surface area (Å²) in [7, 11) is 0. The Morgan fingerprint density at radius 3 is 2.24 bits per heavy atom. The monoisotopic (exact) mass is 290 g/mol. The summed E-state index contributed by atoms with van der Waals surface area (Å²) in [5, 5.41) is 5.37. The van der Waals surface area contributed by atoms with Crippen LogP contribution < -0.4 is 10.6 Å². The van der Waals surface area contributed by atoms with E-state index < -0.39 is 0 Å². The summed E-state index contributed by atoms with van der Waals surface area (Å²) < 4.78 is 0. The molecule has 1 rings (SSSR count). The van der Waals surface area contributed by atoms with Gasteiger partial charge < -0.3 is 10.6 Å². The first kappa shape index (κ1) is 17.2. The van der Waals surface area contributed by atoms with Crippen LogP contribution in [0, 0.1) is 0 Å². The van der Waals surface area contributed by atoms with Crippen LogP contribution in [-0.2, 0) is 22.4 Å². The van der Waals surface area contributed by atoms with Crippen LogP contribution in [0.15, 0.2) is 24.3 Å². The summed E-state index contributed by atoms with van der Waals surface area (Å²) >= 11 is 0. The number of hydrogen-bond acceptors (Lipinski definition) is 2. The molecule has 4 heteroatoms. The average Bonchev–Trinajstić information content (AvgIpc) is 2.44. The van der Waals surface area contributed by atoms with Gasteiger partial charge in [0.1, 0.15) is 0 Å². The third kappa shape index (κ3) is 7.49. The summed E-state index contributed by atoms with van der Waals surface area (Å²) in [5.74, 6) is -0.288. The van der Waals surface area contributed by atoms with Gasteiger partial charge >= 0.3 is 0 Å². The van der Waals surface area contributed by atoms with Crippen LogP contribution in [-0.4, -0.2) is 24.4 Å². The number of nitrogens with one attached hydrogen (secondary N) is 2. The lowest BCUT2D eigenvalue weighted by molar-refractivity contribution is -0.126. The molecular weight excluding hydrogens is 264 g/mol. The van der Waals surface area contributed by atoms with Crippen molar-refractivity contribution in [3.8, 4) is 0 Å². The molecule has 4 nitrogen and oxygen atoms in total. The highest BCUT2D eigenvalue weighted by Gasteiger charge is 2.07. The van der Waals surface area contributed by atoms with Crippen LogP contribution in [0.4, 0.5) is 0 Å². The largest absolute Gasteiger partial charge is 0.352 e. The number of rotatable bonds is 8. The second kappa shape index (κ2) is 9.16. The van der Waals surface area contributed by atoms with Gasteiger partial charge in [-0.15, -0.1) is 0 Å². The standard InChI is InChI=1S/C17H26N2O2/c1-4-5-6-14-7-9-15(10-8-14)11-16(20)18-12-17(21)19-13(2)3/h7-10,13H,4-6,11-12H2,1-3H3,(H,18,20)(H,19,21). The molecule has 0 aromatic heterocycles. The van der Waals surface area contributed by atoms with Crippen molar-refractivity contribution in [1.82, 2.24) is 10.6 Å². The third-order valence-electron chi connectivity index (χ3n) is 3.10. The first-order valence-electron chi connectivity index (χ1n) is 7.65. The number of hydrogen-bond donors (Lipinski definition) is 2. The quantitative estimate of drug-likeness (QED) is 0.771. The molecule has 2 N–H and O–H groups in total. The molecule has 0 fully saturated rings. The number of carbonyl (C=O) groups is 2. The SMILES string of the molecule is CCCCc1ccc(CC(=O)NCC(=O)NC(C)C)cc1. The van der Waals surface area contributed by atoms with E-state index in [0.717, 1.165) is 12.0 Å². The van der Waals surface area contributed by atoms with E-state index in [-0.39, 0.29) is 24.4 Å². The first-order chi connectivity index (χ1) is 10.0. The molecular formula is C17H26N2O2. The molecule has 0 bridgehead atoms. The molecule has 0 spiro atoms. The Bertz CT molecular complexity index is 452. The first-order valence-corrected chi connectivity index (χ1v) is 7.65. The number of amides is 2. The summed E-state index contributed by atoms with van der Waals surface area (Å²) in [6.07, 6.45) is 3.76.